The van der Waals surface area contributed by atoms with E-state index in [0.717, 1.165) is 0 Å². The van der Waals surface area contributed by atoms with Crippen molar-refractivity contribution in [2.24, 2.45) is 0 Å². The highest BCUT2D eigenvalue weighted by atomic mass is 79.9. The molecule has 0 aromatic carbocycles. The number of nitrogens with zero attached hydrogens (tertiary/aromatic N) is 2. The van der Waals surface area contributed by atoms with Crippen molar-refractivity contribution >= 4 is 21.7 Å². The highest BCUT2D eigenvalue weighted by Gasteiger charge is 2.18. The molecule has 1 rings (SSSR count). The predicted molar refractivity (Wildman–Crippen MR) is 50.6 cm³/mol. The molecule has 0 fully saturated rings. The zero-order valence-electron chi connectivity index (χ0n) is 6.97. The lowest BCUT2D eigenvalue weighted by Gasteiger charge is -2.08. The first-order chi connectivity index (χ1) is 6.56. The van der Waals surface area contributed by atoms with Crippen molar-refractivity contribution < 1.29 is 8.78 Å². The molecule has 0 atom stereocenters. The van der Waals surface area contributed by atoms with Crippen molar-refractivity contribution in [3.05, 3.63) is 21.8 Å². The van der Waals surface area contributed by atoms with Gasteiger partial charge in [-0.1, -0.05) is 15.9 Å². The molecule has 6 heteroatoms. The largest absolute Gasteiger partial charge is 0.384 e. The van der Waals surface area contributed by atoms with Crippen LogP contribution in [0.3, 0.4) is 0 Å². The molecule has 0 unspecified atom stereocenters. The van der Waals surface area contributed by atoms with Crippen LogP contribution in [-0.4, -0.2) is 4.98 Å². The smallest absolute Gasteiger partial charge is 0.266 e. The lowest BCUT2D eigenvalue weighted by Crippen LogP contribution is -2.02. The number of nitrogens with two attached hydrogens (primary N) is 1. The fraction of sp³-hybridized carbons (Fsp3) is 0.250. The van der Waals surface area contributed by atoms with Crippen molar-refractivity contribution in [3.63, 3.8) is 0 Å². The van der Waals surface area contributed by atoms with E-state index in [1.54, 1.807) is 6.07 Å². The number of halogens is 3. The number of nitriles is 1. The molecular formula is C8H6BrF2N3. The fourth-order valence-corrected chi connectivity index (χ4v) is 1.67. The Balaban J connectivity index is 3.30. The highest BCUT2D eigenvalue weighted by molar-refractivity contribution is 9.10. The van der Waals surface area contributed by atoms with Gasteiger partial charge in [0.05, 0.1) is 23.7 Å². The van der Waals surface area contributed by atoms with Crippen molar-refractivity contribution in [1.29, 1.82) is 5.26 Å². The summed E-state index contributed by atoms with van der Waals surface area (Å²) < 4.78 is 25.2. The molecule has 0 amide bonds. The summed E-state index contributed by atoms with van der Waals surface area (Å²) in [4.78, 5) is 3.69. The summed E-state index contributed by atoms with van der Waals surface area (Å²) in [6.07, 6.45) is -2.84. The Bertz CT molecular complexity index is 387. The summed E-state index contributed by atoms with van der Waals surface area (Å²) in [5.74, 6) is 0.117. The molecule has 0 saturated heterocycles. The van der Waals surface area contributed by atoms with E-state index in [2.05, 4.69) is 20.9 Å². The minimum atomic E-state index is -2.67. The molecule has 1 heterocycles. The van der Waals surface area contributed by atoms with Gasteiger partial charge in [0.25, 0.3) is 6.43 Å². The first kappa shape index (κ1) is 10.9. The molecule has 0 aliphatic carbocycles. The normalized spacial score (nSPS) is 10.2. The second-order valence-electron chi connectivity index (χ2n) is 2.52. The van der Waals surface area contributed by atoms with E-state index in [9.17, 15) is 8.78 Å². The van der Waals surface area contributed by atoms with Crippen LogP contribution in [0.2, 0.25) is 0 Å². The average Bonchev–Trinajstić information content (AvgIpc) is 2.01. The Kier molecular flexibility index (Phi) is 3.36. The second kappa shape index (κ2) is 4.33. The molecule has 1 aromatic heterocycles. The van der Waals surface area contributed by atoms with Crippen LogP contribution >= 0.6 is 15.9 Å². The van der Waals surface area contributed by atoms with Crippen LogP contribution in [0.5, 0.6) is 0 Å². The van der Waals surface area contributed by atoms with Gasteiger partial charge in [-0.15, -0.1) is 0 Å². The maximum absolute atomic E-state index is 12.5. The van der Waals surface area contributed by atoms with Gasteiger partial charge in [-0.25, -0.2) is 13.8 Å². The number of anilines is 1. The van der Waals surface area contributed by atoms with E-state index in [-0.39, 0.29) is 28.0 Å². The van der Waals surface area contributed by atoms with Crippen LogP contribution in [0.4, 0.5) is 14.6 Å². The van der Waals surface area contributed by atoms with Gasteiger partial charge in [0.15, 0.2) is 0 Å². The molecule has 74 valence electrons. The topological polar surface area (TPSA) is 62.7 Å². The second-order valence-corrected chi connectivity index (χ2v) is 3.38. The Morgan fingerprint density at radius 1 is 1.64 bits per heavy atom. The Morgan fingerprint density at radius 3 is 2.79 bits per heavy atom. The highest BCUT2D eigenvalue weighted by Crippen LogP contribution is 2.31. The minimum absolute atomic E-state index is 0.0226. The summed E-state index contributed by atoms with van der Waals surface area (Å²) in [7, 11) is 0. The quantitative estimate of drug-likeness (QED) is 0.890. The SMILES string of the molecule is N#CCc1nc(N)cc(Br)c1C(F)F. The average molecular weight is 262 g/mol. The lowest BCUT2D eigenvalue weighted by molar-refractivity contribution is 0.149. The van der Waals surface area contributed by atoms with E-state index >= 15 is 0 Å². The lowest BCUT2D eigenvalue weighted by atomic mass is 10.1. The van der Waals surface area contributed by atoms with E-state index in [1.807, 2.05) is 0 Å². The molecule has 0 bridgehead atoms. The van der Waals surface area contributed by atoms with Crippen molar-refractivity contribution in [2.75, 3.05) is 5.73 Å². The maximum atomic E-state index is 12.5. The van der Waals surface area contributed by atoms with Gasteiger partial charge in [-0.3, -0.25) is 0 Å². The number of nitrogen functional groups attached to an aromatic ring is 1. The van der Waals surface area contributed by atoms with Gasteiger partial charge in [0.1, 0.15) is 5.82 Å². The monoisotopic (exact) mass is 261 g/mol. The van der Waals surface area contributed by atoms with Gasteiger partial charge >= 0.3 is 0 Å². The van der Waals surface area contributed by atoms with E-state index in [4.69, 9.17) is 11.0 Å². The standard InChI is InChI=1S/C8H6BrF2N3/c9-4-3-6(13)14-5(1-2-12)7(4)8(10)11/h3,8H,1H2,(H2,13,14). The molecular weight excluding hydrogens is 256 g/mol. The first-order valence-electron chi connectivity index (χ1n) is 3.66. The Labute approximate surface area is 87.7 Å². The van der Waals surface area contributed by atoms with Gasteiger partial charge in [0.2, 0.25) is 0 Å². The number of hydrogen-bond acceptors (Lipinski definition) is 3. The third kappa shape index (κ3) is 2.17. The maximum Gasteiger partial charge on any atom is 0.266 e. The number of rotatable bonds is 2. The first-order valence-corrected chi connectivity index (χ1v) is 4.45. The number of alkyl halides is 2. The van der Waals surface area contributed by atoms with Crippen LogP contribution in [0.15, 0.2) is 10.5 Å². The summed E-state index contributed by atoms with van der Waals surface area (Å²) in [6.45, 7) is 0. The molecule has 0 radical (unpaired) electrons. The molecule has 0 aliphatic heterocycles. The van der Waals surface area contributed by atoms with Crippen LogP contribution in [0.1, 0.15) is 17.7 Å². The fourth-order valence-electron chi connectivity index (χ4n) is 1.03. The van der Waals surface area contributed by atoms with Crippen molar-refractivity contribution in [3.8, 4) is 6.07 Å². The number of pyridine rings is 1. The van der Waals surface area contributed by atoms with E-state index in [1.165, 1.54) is 6.07 Å². The molecule has 0 aliphatic rings. The molecule has 3 nitrogen and oxygen atoms in total. The summed E-state index contributed by atoms with van der Waals surface area (Å²) >= 11 is 2.96. The van der Waals surface area contributed by atoms with Crippen LogP contribution in [-0.2, 0) is 6.42 Å². The Morgan fingerprint density at radius 2 is 2.29 bits per heavy atom. The zero-order chi connectivity index (χ0) is 10.7. The Hall–Kier alpha value is -1.22. The third-order valence-electron chi connectivity index (χ3n) is 1.57. The van der Waals surface area contributed by atoms with Gasteiger partial charge < -0.3 is 5.73 Å². The molecule has 1 aromatic rings. The predicted octanol–water partition coefficient (Wildman–Crippen LogP) is 2.43. The molecule has 0 saturated carbocycles. The van der Waals surface area contributed by atoms with Crippen molar-refractivity contribution in [1.82, 2.24) is 4.98 Å². The third-order valence-corrected chi connectivity index (χ3v) is 2.23. The number of aromatic nitrogens is 1. The summed E-state index contributed by atoms with van der Waals surface area (Å²) in [6, 6.07) is 3.06. The van der Waals surface area contributed by atoms with Gasteiger partial charge in [-0.2, -0.15) is 5.26 Å². The molecule has 2 N–H and O–H groups in total. The number of hydrogen-bond donors (Lipinski definition) is 1. The molecule has 0 spiro atoms. The van der Waals surface area contributed by atoms with Crippen LogP contribution in [0, 0.1) is 11.3 Å². The van der Waals surface area contributed by atoms with Gasteiger partial charge in [-0.05, 0) is 6.07 Å². The van der Waals surface area contributed by atoms with Gasteiger partial charge in [0, 0.05) is 4.47 Å². The van der Waals surface area contributed by atoms with E-state index in [0.29, 0.717) is 0 Å². The minimum Gasteiger partial charge on any atom is -0.384 e. The summed E-state index contributed by atoms with van der Waals surface area (Å²) in [5, 5.41) is 8.42. The van der Waals surface area contributed by atoms with E-state index < -0.39 is 6.43 Å². The zero-order valence-corrected chi connectivity index (χ0v) is 8.55. The van der Waals surface area contributed by atoms with Crippen molar-refractivity contribution in [2.45, 2.75) is 12.8 Å². The van der Waals surface area contributed by atoms with Crippen LogP contribution < -0.4 is 5.73 Å². The molecule has 14 heavy (non-hydrogen) atoms. The van der Waals surface area contributed by atoms with Crippen LogP contribution in [0.25, 0.3) is 0 Å². The summed E-state index contributed by atoms with van der Waals surface area (Å²) in [5.41, 5.74) is 5.12.